The van der Waals surface area contributed by atoms with Gasteiger partial charge in [0.05, 0.1) is 17.2 Å². The third kappa shape index (κ3) is 3.99. The molecule has 5 heteroatoms. The predicted octanol–water partition coefficient (Wildman–Crippen LogP) is 2.55. The Hall–Kier alpha value is -1.07. The quantitative estimate of drug-likeness (QED) is 0.822. The highest BCUT2D eigenvalue weighted by molar-refractivity contribution is 7.99. The molecule has 0 fully saturated rings. The van der Waals surface area contributed by atoms with Gasteiger partial charge >= 0.3 is 5.97 Å². The van der Waals surface area contributed by atoms with E-state index in [9.17, 15) is 4.79 Å². The lowest BCUT2D eigenvalue weighted by molar-refractivity contribution is 0.0696. The van der Waals surface area contributed by atoms with Crippen molar-refractivity contribution in [2.24, 2.45) is 0 Å². The maximum atomic E-state index is 11.1. The number of aliphatic hydroxyl groups is 1. The molecule has 4 nitrogen and oxygen atoms in total. The summed E-state index contributed by atoms with van der Waals surface area (Å²) < 4.78 is 0. The van der Waals surface area contributed by atoms with Crippen LogP contribution in [-0.2, 0) is 5.41 Å². The molecule has 1 atom stereocenters. The summed E-state index contributed by atoms with van der Waals surface area (Å²) in [7, 11) is 0. The van der Waals surface area contributed by atoms with E-state index in [0.717, 1.165) is 5.69 Å². The van der Waals surface area contributed by atoms with Crippen molar-refractivity contribution in [3.05, 3.63) is 23.4 Å². The molecule has 0 bridgehead atoms. The summed E-state index contributed by atoms with van der Waals surface area (Å²) in [4.78, 5) is 15.6. The summed E-state index contributed by atoms with van der Waals surface area (Å²) >= 11 is 1.38. The summed E-state index contributed by atoms with van der Waals surface area (Å²) in [5, 5.41) is 18.8. The van der Waals surface area contributed by atoms with Crippen LogP contribution in [0, 0.1) is 0 Å². The fourth-order valence-corrected chi connectivity index (χ4v) is 2.15. The molecule has 1 rings (SSSR count). The van der Waals surface area contributed by atoms with Gasteiger partial charge < -0.3 is 10.2 Å². The fourth-order valence-electron chi connectivity index (χ4n) is 1.32. The van der Waals surface area contributed by atoms with Crippen molar-refractivity contribution in [3.8, 4) is 0 Å². The summed E-state index contributed by atoms with van der Waals surface area (Å²) in [6.45, 7) is 7.88. The normalized spacial score (nSPS) is 13.4. The van der Waals surface area contributed by atoms with Gasteiger partial charge in [-0.3, -0.25) is 0 Å². The van der Waals surface area contributed by atoms with Crippen molar-refractivity contribution in [3.63, 3.8) is 0 Å². The summed E-state index contributed by atoms with van der Waals surface area (Å²) in [6.07, 6.45) is 0. The monoisotopic (exact) mass is 269 g/mol. The van der Waals surface area contributed by atoms with Gasteiger partial charge in [0.15, 0.2) is 0 Å². The van der Waals surface area contributed by atoms with Crippen molar-refractivity contribution < 1.29 is 15.0 Å². The van der Waals surface area contributed by atoms with Crippen LogP contribution in [0.4, 0.5) is 0 Å². The number of nitrogens with zero attached hydrogens (tertiary/aromatic N) is 1. The average Bonchev–Trinajstić information content (AvgIpc) is 2.27. The standard InChI is InChI=1S/C13H19NO3S/c1-8(7-15)18-11-6-9(12(16)17)5-10(14-11)13(2,3)4/h5-6,8,15H,7H2,1-4H3,(H,16,17). The Morgan fingerprint density at radius 3 is 2.50 bits per heavy atom. The Labute approximate surface area is 111 Å². The van der Waals surface area contributed by atoms with Crippen LogP contribution in [0.2, 0.25) is 0 Å². The summed E-state index contributed by atoms with van der Waals surface area (Å²) in [6, 6.07) is 3.16. The highest BCUT2D eigenvalue weighted by Crippen LogP contribution is 2.27. The van der Waals surface area contributed by atoms with E-state index in [2.05, 4.69) is 4.98 Å². The van der Waals surface area contributed by atoms with Gasteiger partial charge in [0.2, 0.25) is 0 Å². The van der Waals surface area contributed by atoms with Gasteiger partial charge in [-0.05, 0) is 12.1 Å². The van der Waals surface area contributed by atoms with Crippen molar-refractivity contribution in [1.82, 2.24) is 4.98 Å². The molecule has 0 saturated carbocycles. The topological polar surface area (TPSA) is 70.4 Å². The van der Waals surface area contributed by atoms with Gasteiger partial charge in [-0.2, -0.15) is 0 Å². The number of carboxylic acids is 1. The van der Waals surface area contributed by atoms with Crippen molar-refractivity contribution in [2.45, 2.75) is 43.4 Å². The first-order chi connectivity index (χ1) is 8.24. The average molecular weight is 269 g/mol. The Morgan fingerprint density at radius 1 is 1.44 bits per heavy atom. The SMILES string of the molecule is CC(CO)Sc1cc(C(=O)O)cc(C(C)(C)C)n1. The zero-order valence-electron chi connectivity index (χ0n) is 11.1. The maximum Gasteiger partial charge on any atom is 0.335 e. The minimum Gasteiger partial charge on any atom is -0.478 e. The molecule has 0 amide bonds. The molecule has 1 heterocycles. The minimum atomic E-state index is -0.957. The van der Waals surface area contributed by atoms with E-state index < -0.39 is 5.97 Å². The number of carboxylic acid groups (broad SMARTS) is 1. The second kappa shape index (κ2) is 5.71. The number of carbonyl (C=O) groups is 1. The number of thioether (sulfide) groups is 1. The number of hydrogen-bond acceptors (Lipinski definition) is 4. The van der Waals surface area contributed by atoms with Crippen LogP contribution < -0.4 is 0 Å². The van der Waals surface area contributed by atoms with E-state index in [1.807, 2.05) is 27.7 Å². The number of rotatable bonds is 4. The van der Waals surface area contributed by atoms with E-state index in [-0.39, 0.29) is 22.8 Å². The Balaban J connectivity index is 3.18. The van der Waals surface area contributed by atoms with E-state index in [1.54, 1.807) is 12.1 Å². The highest BCUT2D eigenvalue weighted by Gasteiger charge is 2.19. The van der Waals surface area contributed by atoms with E-state index in [1.165, 1.54) is 11.8 Å². The van der Waals surface area contributed by atoms with Gasteiger partial charge in [0, 0.05) is 16.4 Å². The van der Waals surface area contributed by atoms with E-state index in [4.69, 9.17) is 10.2 Å². The number of aromatic nitrogens is 1. The second-order valence-corrected chi connectivity index (χ2v) is 6.70. The first kappa shape index (κ1) is 15.0. The van der Waals surface area contributed by atoms with Gasteiger partial charge in [-0.15, -0.1) is 11.8 Å². The zero-order chi connectivity index (χ0) is 13.9. The lowest BCUT2D eigenvalue weighted by atomic mass is 9.91. The first-order valence-corrected chi connectivity index (χ1v) is 6.65. The van der Waals surface area contributed by atoms with Gasteiger partial charge in [0.1, 0.15) is 0 Å². The van der Waals surface area contributed by atoms with Crippen LogP contribution >= 0.6 is 11.8 Å². The molecule has 1 unspecified atom stereocenters. The molecule has 0 saturated heterocycles. The van der Waals surface area contributed by atoms with Crippen LogP contribution in [0.1, 0.15) is 43.7 Å². The Morgan fingerprint density at radius 2 is 2.06 bits per heavy atom. The second-order valence-electron chi connectivity index (χ2n) is 5.25. The van der Waals surface area contributed by atoms with E-state index in [0.29, 0.717) is 5.03 Å². The molecule has 0 spiro atoms. The molecule has 1 aromatic rings. The molecule has 18 heavy (non-hydrogen) atoms. The third-order valence-electron chi connectivity index (χ3n) is 2.40. The van der Waals surface area contributed by atoms with Crippen LogP contribution in [-0.4, -0.2) is 33.0 Å². The molecule has 0 aliphatic carbocycles. The Kier molecular flexibility index (Phi) is 4.76. The first-order valence-electron chi connectivity index (χ1n) is 5.77. The predicted molar refractivity (Wildman–Crippen MR) is 72.3 cm³/mol. The van der Waals surface area contributed by atoms with Crippen LogP contribution in [0.5, 0.6) is 0 Å². The lowest BCUT2D eigenvalue weighted by Crippen LogP contribution is -2.16. The zero-order valence-corrected chi connectivity index (χ0v) is 11.9. The van der Waals surface area contributed by atoms with Gasteiger partial charge in [0.25, 0.3) is 0 Å². The van der Waals surface area contributed by atoms with Gasteiger partial charge in [-0.25, -0.2) is 9.78 Å². The summed E-state index contributed by atoms with van der Waals surface area (Å²) in [5.74, 6) is -0.957. The molecule has 0 aromatic carbocycles. The molecule has 0 radical (unpaired) electrons. The molecule has 0 aliphatic rings. The summed E-state index contributed by atoms with van der Waals surface area (Å²) in [5.41, 5.74) is 0.779. The van der Waals surface area contributed by atoms with Crippen LogP contribution in [0.25, 0.3) is 0 Å². The molecular weight excluding hydrogens is 250 g/mol. The van der Waals surface area contributed by atoms with Crippen molar-refractivity contribution in [1.29, 1.82) is 0 Å². The number of hydrogen-bond donors (Lipinski definition) is 2. The van der Waals surface area contributed by atoms with Gasteiger partial charge in [-0.1, -0.05) is 27.7 Å². The fraction of sp³-hybridized carbons (Fsp3) is 0.538. The highest BCUT2D eigenvalue weighted by atomic mass is 32.2. The molecule has 100 valence electrons. The Bertz CT molecular complexity index is 440. The molecule has 1 aromatic heterocycles. The van der Waals surface area contributed by atoms with E-state index >= 15 is 0 Å². The van der Waals surface area contributed by atoms with Crippen molar-refractivity contribution in [2.75, 3.05) is 6.61 Å². The minimum absolute atomic E-state index is 0.00522. The molecular formula is C13H19NO3S. The molecule has 0 aliphatic heterocycles. The van der Waals surface area contributed by atoms with Crippen LogP contribution in [0.15, 0.2) is 17.2 Å². The van der Waals surface area contributed by atoms with Crippen molar-refractivity contribution >= 4 is 17.7 Å². The molecule has 2 N–H and O–H groups in total. The number of aliphatic hydroxyl groups excluding tert-OH is 1. The maximum absolute atomic E-state index is 11.1. The lowest BCUT2D eigenvalue weighted by Gasteiger charge is -2.19. The largest absolute Gasteiger partial charge is 0.478 e. The van der Waals surface area contributed by atoms with Crippen LogP contribution in [0.3, 0.4) is 0 Å². The number of aromatic carboxylic acids is 1. The third-order valence-corrected chi connectivity index (χ3v) is 3.40. The smallest absolute Gasteiger partial charge is 0.335 e. The number of pyridine rings is 1.